The van der Waals surface area contributed by atoms with Crippen molar-refractivity contribution in [2.75, 3.05) is 6.54 Å². The van der Waals surface area contributed by atoms with Gasteiger partial charge in [-0.1, -0.05) is 12.1 Å². The molecule has 1 aromatic carbocycles. The topological polar surface area (TPSA) is 78.4 Å². The van der Waals surface area contributed by atoms with E-state index in [-0.39, 0.29) is 25.3 Å². The minimum atomic E-state index is -0.892. The molecule has 114 valence electrons. The molecule has 0 heterocycles. The second-order valence-corrected chi connectivity index (χ2v) is 5.23. The van der Waals surface area contributed by atoms with Crippen LogP contribution in [0.4, 0.5) is 9.18 Å². The van der Waals surface area contributed by atoms with Crippen LogP contribution in [-0.4, -0.2) is 23.7 Å². The first-order chi connectivity index (χ1) is 10.1. The van der Waals surface area contributed by atoms with Crippen LogP contribution in [0.1, 0.15) is 42.7 Å². The van der Waals surface area contributed by atoms with E-state index in [0.29, 0.717) is 17.9 Å². The Bertz CT molecular complexity index is 530. The number of carbonyl (C=O) groups excluding carboxylic acids is 1. The van der Waals surface area contributed by atoms with Crippen molar-refractivity contribution in [3.8, 4) is 0 Å². The van der Waals surface area contributed by atoms with Crippen LogP contribution in [0.3, 0.4) is 0 Å². The lowest BCUT2D eigenvalue weighted by molar-refractivity contribution is -0.137. The van der Waals surface area contributed by atoms with E-state index < -0.39 is 12.0 Å². The Hall–Kier alpha value is -2.11. The van der Waals surface area contributed by atoms with Gasteiger partial charge in [-0.15, -0.1) is 0 Å². The van der Waals surface area contributed by atoms with Gasteiger partial charge in [0.1, 0.15) is 5.82 Å². The van der Waals surface area contributed by atoms with Gasteiger partial charge in [-0.2, -0.15) is 0 Å². The van der Waals surface area contributed by atoms with E-state index in [1.54, 1.807) is 12.1 Å². The second kappa shape index (κ2) is 7.06. The number of nitrogens with one attached hydrogen (secondary N) is 2. The number of aliphatic carboxylic acids is 1. The molecule has 0 spiro atoms. The average molecular weight is 294 g/mol. The van der Waals surface area contributed by atoms with Crippen LogP contribution >= 0.6 is 0 Å². The number of carboxylic acid groups (broad SMARTS) is 1. The van der Waals surface area contributed by atoms with Crippen LogP contribution in [-0.2, 0) is 11.3 Å². The summed E-state index contributed by atoms with van der Waals surface area (Å²) in [7, 11) is 0. The lowest BCUT2D eigenvalue weighted by Crippen LogP contribution is -2.35. The minimum absolute atomic E-state index is 0.0122. The number of carbonyl (C=O) groups is 2. The summed E-state index contributed by atoms with van der Waals surface area (Å²) in [5.74, 6) is -0.684. The molecular weight excluding hydrogens is 275 g/mol. The average Bonchev–Trinajstić information content (AvgIpc) is 3.27. The van der Waals surface area contributed by atoms with Crippen molar-refractivity contribution < 1.29 is 19.1 Å². The van der Waals surface area contributed by atoms with E-state index in [2.05, 4.69) is 10.6 Å². The van der Waals surface area contributed by atoms with Crippen LogP contribution < -0.4 is 10.6 Å². The fourth-order valence-electron chi connectivity index (χ4n) is 2.08. The van der Waals surface area contributed by atoms with Gasteiger partial charge in [0.05, 0.1) is 0 Å². The molecular formula is C15H19FN2O3. The number of benzene rings is 1. The molecule has 0 unspecified atom stereocenters. The molecule has 1 aliphatic rings. The van der Waals surface area contributed by atoms with Gasteiger partial charge in [0.15, 0.2) is 0 Å². The molecule has 1 aliphatic carbocycles. The molecule has 6 heteroatoms. The summed E-state index contributed by atoms with van der Waals surface area (Å²) in [5, 5.41) is 13.6. The van der Waals surface area contributed by atoms with E-state index in [4.69, 9.17) is 5.11 Å². The zero-order valence-corrected chi connectivity index (χ0v) is 11.7. The van der Waals surface area contributed by atoms with E-state index in [9.17, 15) is 14.0 Å². The maximum atomic E-state index is 13.7. The summed E-state index contributed by atoms with van der Waals surface area (Å²) < 4.78 is 13.7. The molecule has 0 saturated heterocycles. The summed E-state index contributed by atoms with van der Waals surface area (Å²) in [4.78, 5) is 21.8. The normalized spacial score (nSPS) is 13.8. The largest absolute Gasteiger partial charge is 0.481 e. The highest BCUT2D eigenvalue weighted by Crippen LogP contribution is 2.40. The Morgan fingerprint density at radius 3 is 2.71 bits per heavy atom. The highest BCUT2D eigenvalue weighted by Gasteiger charge is 2.24. The maximum absolute atomic E-state index is 13.7. The van der Waals surface area contributed by atoms with Crippen molar-refractivity contribution in [2.24, 2.45) is 0 Å². The molecule has 1 saturated carbocycles. The Morgan fingerprint density at radius 2 is 2.05 bits per heavy atom. The molecule has 0 radical (unpaired) electrons. The molecule has 3 N–H and O–H groups in total. The van der Waals surface area contributed by atoms with Crippen LogP contribution in [0.25, 0.3) is 0 Å². The van der Waals surface area contributed by atoms with Crippen LogP contribution in [0, 0.1) is 5.82 Å². The Morgan fingerprint density at radius 1 is 1.29 bits per heavy atom. The van der Waals surface area contributed by atoms with Crippen molar-refractivity contribution in [2.45, 2.75) is 38.1 Å². The maximum Gasteiger partial charge on any atom is 0.315 e. The molecule has 0 aromatic heterocycles. The predicted octanol–water partition coefficient (Wildman–Crippen LogP) is 2.37. The Kier molecular flexibility index (Phi) is 5.14. The van der Waals surface area contributed by atoms with Crippen molar-refractivity contribution in [3.63, 3.8) is 0 Å². The van der Waals surface area contributed by atoms with Gasteiger partial charge in [0.2, 0.25) is 0 Å². The van der Waals surface area contributed by atoms with Crippen molar-refractivity contribution >= 4 is 12.0 Å². The number of rotatable bonds is 7. The highest BCUT2D eigenvalue weighted by atomic mass is 19.1. The summed E-state index contributed by atoms with van der Waals surface area (Å²) in [5.41, 5.74) is 1.59. The third-order valence-corrected chi connectivity index (χ3v) is 3.41. The highest BCUT2D eigenvalue weighted by molar-refractivity contribution is 5.74. The number of carboxylic acids is 1. The van der Waals surface area contributed by atoms with Gasteiger partial charge in [-0.25, -0.2) is 9.18 Å². The van der Waals surface area contributed by atoms with Gasteiger partial charge in [0, 0.05) is 25.1 Å². The lowest BCUT2D eigenvalue weighted by atomic mass is 10.1. The van der Waals surface area contributed by atoms with E-state index in [1.165, 1.54) is 6.07 Å². The molecule has 1 aromatic rings. The third-order valence-electron chi connectivity index (χ3n) is 3.41. The second-order valence-electron chi connectivity index (χ2n) is 5.23. The number of hydrogen-bond donors (Lipinski definition) is 3. The Labute approximate surface area is 122 Å². The smallest absolute Gasteiger partial charge is 0.315 e. The van der Waals surface area contributed by atoms with Gasteiger partial charge >= 0.3 is 12.0 Å². The molecule has 0 aliphatic heterocycles. The predicted molar refractivity (Wildman–Crippen MR) is 75.5 cm³/mol. The number of halogens is 1. The van der Waals surface area contributed by atoms with E-state index in [1.807, 2.05) is 0 Å². The molecule has 2 amide bonds. The minimum Gasteiger partial charge on any atom is -0.481 e. The zero-order valence-electron chi connectivity index (χ0n) is 11.7. The molecule has 21 heavy (non-hydrogen) atoms. The Balaban J connectivity index is 1.75. The summed E-state index contributed by atoms with van der Waals surface area (Å²) in [6.07, 6.45) is 2.66. The fraction of sp³-hybridized carbons (Fsp3) is 0.467. The lowest BCUT2D eigenvalue weighted by Gasteiger charge is -2.09. The zero-order chi connectivity index (χ0) is 15.2. The number of urea groups is 1. The van der Waals surface area contributed by atoms with Crippen LogP contribution in [0.15, 0.2) is 18.2 Å². The molecule has 0 atom stereocenters. The molecule has 5 nitrogen and oxygen atoms in total. The standard InChI is InChI=1S/C15H19FN2O3/c16-13-6-5-11(10-3-4-10)8-12(13)9-18-15(21)17-7-1-2-14(19)20/h5-6,8,10H,1-4,7,9H2,(H,19,20)(H2,17,18,21). The van der Waals surface area contributed by atoms with Crippen molar-refractivity contribution in [3.05, 3.63) is 35.1 Å². The first-order valence-corrected chi connectivity index (χ1v) is 7.08. The van der Waals surface area contributed by atoms with Gasteiger partial charge in [0.25, 0.3) is 0 Å². The van der Waals surface area contributed by atoms with Crippen molar-refractivity contribution in [1.82, 2.24) is 10.6 Å². The van der Waals surface area contributed by atoms with Crippen LogP contribution in [0.5, 0.6) is 0 Å². The first-order valence-electron chi connectivity index (χ1n) is 7.08. The van der Waals surface area contributed by atoms with Gasteiger partial charge < -0.3 is 15.7 Å². The summed E-state index contributed by atoms with van der Waals surface area (Å²) in [6.45, 7) is 0.403. The first kappa shape index (κ1) is 15.3. The number of amides is 2. The van der Waals surface area contributed by atoms with E-state index in [0.717, 1.165) is 18.4 Å². The monoisotopic (exact) mass is 294 g/mol. The SMILES string of the molecule is O=C(O)CCCNC(=O)NCc1cc(C2CC2)ccc1F. The molecule has 1 fully saturated rings. The van der Waals surface area contributed by atoms with Crippen LogP contribution in [0.2, 0.25) is 0 Å². The van der Waals surface area contributed by atoms with Gasteiger partial charge in [-0.05, 0) is 36.8 Å². The molecule has 0 bridgehead atoms. The third kappa shape index (κ3) is 5.06. The van der Waals surface area contributed by atoms with Gasteiger partial charge in [-0.3, -0.25) is 4.79 Å². The van der Waals surface area contributed by atoms with Crippen molar-refractivity contribution in [1.29, 1.82) is 0 Å². The number of hydrogen-bond acceptors (Lipinski definition) is 2. The van der Waals surface area contributed by atoms with E-state index >= 15 is 0 Å². The quantitative estimate of drug-likeness (QED) is 0.676. The fourth-order valence-corrected chi connectivity index (χ4v) is 2.08. The molecule has 2 rings (SSSR count). The summed E-state index contributed by atoms with van der Waals surface area (Å²) >= 11 is 0. The summed E-state index contributed by atoms with van der Waals surface area (Å²) in [6, 6.07) is 4.62.